The molecule has 0 spiro atoms. The third-order valence-corrected chi connectivity index (χ3v) is 4.20. The Morgan fingerprint density at radius 1 is 1.00 bits per heavy atom. The lowest BCUT2D eigenvalue weighted by atomic mass is 9.97. The number of allylic oxidation sites excluding steroid dienone is 2. The normalized spacial score (nSPS) is 27.2. The van der Waals surface area contributed by atoms with Gasteiger partial charge in [0.05, 0.1) is 5.56 Å². The fourth-order valence-corrected chi connectivity index (χ4v) is 3.23. The van der Waals surface area contributed by atoms with Crippen LogP contribution in [0.15, 0.2) is 30.3 Å². The summed E-state index contributed by atoms with van der Waals surface area (Å²) in [6, 6.07) is 5.58. The molecular weight excluding hydrogens is 237 g/mol. The number of halogens is 3. The Morgan fingerprint density at radius 3 is 2.33 bits per heavy atom. The van der Waals surface area contributed by atoms with E-state index in [-0.39, 0.29) is 0 Å². The van der Waals surface area contributed by atoms with Gasteiger partial charge in [0.2, 0.25) is 0 Å². The molecule has 2 aliphatic carbocycles. The van der Waals surface area contributed by atoms with Crippen LogP contribution in [0.2, 0.25) is 0 Å². The summed E-state index contributed by atoms with van der Waals surface area (Å²) in [5.74, 6) is 1.41. The van der Waals surface area contributed by atoms with Gasteiger partial charge in [-0.25, -0.2) is 0 Å². The highest BCUT2D eigenvalue weighted by Gasteiger charge is 2.33. The molecule has 1 aromatic rings. The van der Waals surface area contributed by atoms with Crippen LogP contribution in [0.25, 0.3) is 5.57 Å². The van der Waals surface area contributed by atoms with E-state index >= 15 is 0 Å². The van der Waals surface area contributed by atoms with Crippen LogP contribution in [0.5, 0.6) is 0 Å². The van der Waals surface area contributed by atoms with Crippen molar-refractivity contribution < 1.29 is 13.2 Å². The minimum absolute atomic E-state index is 0.565. The molecule has 0 saturated heterocycles. The molecule has 2 unspecified atom stereocenters. The smallest absolute Gasteiger partial charge is 0.166 e. The summed E-state index contributed by atoms with van der Waals surface area (Å²) < 4.78 is 37.4. The minimum Gasteiger partial charge on any atom is -0.166 e. The second kappa shape index (κ2) is 4.15. The Balaban J connectivity index is 1.82. The molecule has 2 atom stereocenters. The third-order valence-electron chi connectivity index (χ3n) is 4.20. The van der Waals surface area contributed by atoms with E-state index in [2.05, 4.69) is 6.08 Å². The molecule has 0 bridgehead atoms. The highest BCUT2D eigenvalue weighted by Crippen LogP contribution is 2.45. The standard InChI is InChI=1S/C15H15F3/c16-15(17,18)14-6-4-10(5-7-14)13-8-11-2-1-3-12(11)9-13/h4-8,11-12H,1-3,9H2. The second-order valence-electron chi connectivity index (χ2n) is 5.33. The lowest BCUT2D eigenvalue weighted by Gasteiger charge is -2.09. The van der Waals surface area contributed by atoms with E-state index in [0.717, 1.165) is 17.9 Å². The maximum atomic E-state index is 12.5. The lowest BCUT2D eigenvalue weighted by molar-refractivity contribution is -0.137. The summed E-state index contributed by atoms with van der Waals surface area (Å²) >= 11 is 0. The van der Waals surface area contributed by atoms with Crippen molar-refractivity contribution >= 4 is 5.57 Å². The van der Waals surface area contributed by atoms with Crippen molar-refractivity contribution in [1.29, 1.82) is 0 Å². The second-order valence-corrected chi connectivity index (χ2v) is 5.33. The van der Waals surface area contributed by atoms with Crippen LogP contribution < -0.4 is 0 Å². The van der Waals surface area contributed by atoms with Crippen LogP contribution in [0.1, 0.15) is 36.8 Å². The Bertz CT molecular complexity index is 468. The molecule has 18 heavy (non-hydrogen) atoms. The monoisotopic (exact) mass is 252 g/mol. The maximum absolute atomic E-state index is 12.5. The molecule has 3 heteroatoms. The minimum atomic E-state index is -4.24. The fraction of sp³-hybridized carbons (Fsp3) is 0.467. The van der Waals surface area contributed by atoms with Gasteiger partial charge in [0.15, 0.2) is 0 Å². The number of hydrogen-bond acceptors (Lipinski definition) is 0. The van der Waals surface area contributed by atoms with E-state index < -0.39 is 11.7 Å². The summed E-state index contributed by atoms with van der Waals surface area (Å²) in [7, 11) is 0. The average Bonchev–Trinajstić information content (AvgIpc) is 2.88. The highest BCUT2D eigenvalue weighted by atomic mass is 19.4. The van der Waals surface area contributed by atoms with Crippen LogP contribution in [-0.2, 0) is 6.18 Å². The van der Waals surface area contributed by atoms with Gasteiger partial charge in [-0.3, -0.25) is 0 Å². The Morgan fingerprint density at radius 2 is 1.72 bits per heavy atom. The van der Waals surface area contributed by atoms with Gasteiger partial charge < -0.3 is 0 Å². The molecule has 96 valence electrons. The quantitative estimate of drug-likeness (QED) is 0.666. The van der Waals surface area contributed by atoms with Crippen LogP contribution in [-0.4, -0.2) is 0 Å². The molecule has 0 aromatic heterocycles. The molecule has 2 aliphatic rings. The predicted octanol–water partition coefficient (Wildman–Crippen LogP) is 4.91. The fourth-order valence-electron chi connectivity index (χ4n) is 3.23. The van der Waals surface area contributed by atoms with E-state index in [9.17, 15) is 13.2 Å². The van der Waals surface area contributed by atoms with E-state index in [4.69, 9.17) is 0 Å². The summed E-state index contributed by atoms with van der Waals surface area (Å²) in [5.41, 5.74) is 1.63. The van der Waals surface area contributed by atoms with Crippen molar-refractivity contribution in [2.45, 2.75) is 31.9 Å². The van der Waals surface area contributed by atoms with Gasteiger partial charge in [0.1, 0.15) is 0 Å². The van der Waals surface area contributed by atoms with Gasteiger partial charge in [0.25, 0.3) is 0 Å². The number of alkyl halides is 3. The Hall–Kier alpha value is -1.25. The van der Waals surface area contributed by atoms with Crippen LogP contribution in [0.4, 0.5) is 13.2 Å². The van der Waals surface area contributed by atoms with Gasteiger partial charge in [0, 0.05) is 0 Å². The lowest BCUT2D eigenvalue weighted by Crippen LogP contribution is -2.04. The van der Waals surface area contributed by atoms with Gasteiger partial charge >= 0.3 is 6.18 Å². The molecule has 3 rings (SSSR count). The van der Waals surface area contributed by atoms with E-state index in [1.165, 1.54) is 37.0 Å². The van der Waals surface area contributed by atoms with Crippen molar-refractivity contribution in [3.63, 3.8) is 0 Å². The zero-order chi connectivity index (χ0) is 12.8. The Kier molecular flexibility index (Phi) is 2.72. The summed E-state index contributed by atoms with van der Waals surface area (Å²) in [6.45, 7) is 0. The predicted molar refractivity (Wildman–Crippen MR) is 64.9 cm³/mol. The van der Waals surface area contributed by atoms with Crippen LogP contribution in [0, 0.1) is 11.8 Å². The first-order valence-corrected chi connectivity index (χ1v) is 6.42. The van der Waals surface area contributed by atoms with Gasteiger partial charge in [-0.2, -0.15) is 13.2 Å². The first-order valence-electron chi connectivity index (χ1n) is 6.42. The SMILES string of the molecule is FC(F)(F)c1ccc(C2=CC3CCCC3C2)cc1. The first kappa shape index (κ1) is 11.8. The van der Waals surface area contributed by atoms with Crippen LogP contribution in [0.3, 0.4) is 0 Å². The molecular formula is C15H15F3. The molecule has 1 saturated carbocycles. The Labute approximate surface area is 105 Å². The topological polar surface area (TPSA) is 0 Å². The molecule has 1 fully saturated rings. The summed E-state index contributed by atoms with van der Waals surface area (Å²) in [6.07, 6.45) is 2.89. The summed E-state index contributed by atoms with van der Waals surface area (Å²) in [4.78, 5) is 0. The molecule has 0 radical (unpaired) electrons. The molecule has 0 amide bonds. The van der Waals surface area contributed by atoms with Gasteiger partial charge in [-0.05, 0) is 54.4 Å². The van der Waals surface area contributed by atoms with Crippen molar-refractivity contribution in [2.24, 2.45) is 11.8 Å². The van der Waals surface area contributed by atoms with Gasteiger partial charge in [-0.15, -0.1) is 0 Å². The molecule has 0 N–H and O–H groups in total. The number of benzene rings is 1. The zero-order valence-electron chi connectivity index (χ0n) is 10.0. The number of fused-ring (bicyclic) bond motifs is 1. The average molecular weight is 252 g/mol. The van der Waals surface area contributed by atoms with Gasteiger partial charge in [-0.1, -0.05) is 24.6 Å². The van der Waals surface area contributed by atoms with E-state index in [1.807, 2.05) is 0 Å². The molecule has 0 aliphatic heterocycles. The molecule has 0 heterocycles. The zero-order valence-corrected chi connectivity index (χ0v) is 10.0. The van der Waals surface area contributed by atoms with E-state index in [0.29, 0.717) is 5.92 Å². The largest absolute Gasteiger partial charge is 0.416 e. The molecule has 0 nitrogen and oxygen atoms in total. The van der Waals surface area contributed by atoms with Crippen molar-refractivity contribution in [1.82, 2.24) is 0 Å². The maximum Gasteiger partial charge on any atom is 0.416 e. The third kappa shape index (κ3) is 2.06. The summed E-state index contributed by atoms with van der Waals surface area (Å²) in [5, 5.41) is 0. The number of hydrogen-bond donors (Lipinski definition) is 0. The van der Waals surface area contributed by atoms with Crippen LogP contribution >= 0.6 is 0 Å². The van der Waals surface area contributed by atoms with Crippen molar-refractivity contribution in [3.05, 3.63) is 41.5 Å². The highest BCUT2D eigenvalue weighted by molar-refractivity contribution is 5.68. The first-order chi connectivity index (χ1) is 8.54. The van der Waals surface area contributed by atoms with Crippen molar-refractivity contribution in [3.8, 4) is 0 Å². The van der Waals surface area contributed by atoms with E-state index in [1.54, 1.807) is 12.1 Å². The van der Waals surface area contributed by atoms with Crippen molar-refractivity contribution in [2.75, 3.05) is 0 Å². The number of rotatable bonds is 1. The molecule has 1 aromatic carbocycles.